The van der Waals surface area contributed by atoms with E-state index in [1.54, 1.807) is 38.2 Å². The SMILES string of the molecule is COc1ccc(NC(=O)CN(C)[C@@H](C)C(=O)Nc2cccc(C(F)(F)F)c2)cc1. The molecular formula is C20H22F3N3O3. The zero-order valence-electron chi connectivity index (χ0n) is 16.2. The lowest BCUT2D eigenvalue weighted by molar-refractivity contribution is -0.137. The second-order valence-corrected chi connectivity index (χ2v) is 6.44. The van der Waals surface area contributed by atoms with E-state index in [1.807, 2.05) is 0 Å². The maximum Gasteiger partial charge on any atom is 0.416 e. The third-order valence-corrected chi connectivity index (χ3v) is 4.26. The van der Waals surface area contributed by atoms with Crippen LogP contribution in [0.1, 0.15) is 12.5 Å². The molecule has 1 atom stereocenters. The molecule has 0 bridgehead atoms. The average molecular weight is 409 g/mol. The van der Waals surface area contributed by atoms with Crippen LogP contribution in [0.15, 0.2) is 48.5 Å². The fraction of sp³-hybridized carbons (Fsp3) is 0.300. The van der Waals surface area contributed by atoms with Gasteiger partial charge in [-0.2, -0.15) is 13.2 Å². The van der Waals surface area contributed by atoms with Crippen LogP contribution in [0.5, 0.6) is 5.75 Å². The van der Waals surface area contributed by atoms with Crippen molar-refractivity contribution in [1.29, 1.82) is 0 Å². The molecule has 0 saturated heterocycles. The molecule has 0 radical (unpaired) electrons. The Kier molecular flexibility index (Phi) is 7.22. The number of amides is 2. The summed E-state index contributed by atoms with van der Waals surface area (Å²) < 4.78 is 43.4. The fourth-order valence-corrected chi connectivity index (χ4v) is 2.46. The molecule has 9 heteroatoms. The second-order valence-electron chi connectivity index (χ2n) is 6.44. The van der Waals surface area contributed by atoms with Gasteiger partial charge in [-0.25, -0.2) is 0 Å². The van der Waals surface area contributed by atoms with Gasteiger partial charge in [-0.05, 0) is 56.4 Å². The average Bonchev–Trinajstić information content (AvgIpc) is 2.67. The Bertz CT molecular complexity index is 854. The molecule has 0 fully saturated rings. The van der Waals surface area contributed by atoms with Crippen LogP contribution >= 0.6 is 0 Å². The van der Waals surface area contributed by atoms with E-state index in [0.717, 1.165) is 12.1 Å². The van der Waals surface area contributed by atoms with E-state index < -0.39 is 23.7 Å². The van der Waals surface area contributed by atoms with Gasteiger partial charge in [0.2, 0.25) is 11.8 Å². The molecule has 2 N–H and O–H groups in total. The van der Waals surface area contributed by atoms with Gasteiger partial charge in [0.25, 0.3) is 0 Å². The minimum atomic E-state index is -4.50. The molecular weight excluding hydrogens is 387 g/mol. The van der Waals surface area contributed by atoms with Crippen LogP contribution in [0.3, 0.4) is 0 Å². The highest BCUT2D eigenvalue weighted by Crippen LogP contribution is 2.30. The van der Waals surface area contributed by atoms with Crippen molar-refractivity contribution in [2.75, 3.05) is 31.3 Å². The minimum absolute atomic E-state index is 0.0350. The van der Waals surface area contributed by atoms with E-state index in [0.29, 0.717) is 11.4 Å². The summed E-state index contributed by atoms with van der Waals surface area (Å²) >= 11 is 0. The Morgan fingerprint density at radius 3 is 2.31 bits per heavy atom. The van der Waals surface area contributed by atoms with Crippen LogP contribution in [0.25, 0.3) is 0 Å². The standard InChI is InChI=1S/C20H22F3N3O3/c1-13(19(28)25-16-6-4-5-14(11-16)20(21,22)23)26(2)12-18(27)24-15-7-9-17(29-3)10-8-15/h4-11,13H,12H2,1-3H3,(H,24,27)(H,25,28)/t13-/m0/s1. The number of anilines is 2. The molecule has 0 aromatic heterocycles. The number of nitrogens with zero attached hydrogens (tertiary/aromatic N) is 1. The minimum Gasteiger partial charge on any atom is -0.497 e. The van der Waals surface area contributed by atoms with Gasteiger partial charge in [0, 0.05) is 11.4 Å². The van der Waals surface area contributed by atoms with Crippen molar-refractivity contribution in [3.63, 3.8) is 0 Å². The second kappa shape index (κ2) is 9.42. The summed E-state index contributed by atoms with van der Waals surface area (Å²) in [5.74, 6) is -0.208. The first-order valence-electron chi connectivity index (χ1n) is 8.72. The van der Waals surface area contributed by atoms with E-state index in [9.17, 15) is 22.8 Å². The monoisotopic (exact) mass is 409 g/mol. The topological polar surface area (TPSA) is 70.7 Å². The molecule has 2 rings (SSSR count). The van der Waals surface area contributed by atoms with Gasteiger partial charge in [0.05, 0.1) is 25.3 Å². The number of methoxy groups -OCH3 is 1. The van der Waals surface area contributed by atoms with Crippen molar-refractivity contribution < 1.29 is 27.5 Å². The molecule has 0 heterocycles. The highest BCUT2D eigenvalue weighted by Gasteiger charge is 2.30. The molecule has 2 amide bonds. The summed E-state index contributed by atoms with van der Waals surface area (Å²) in [5.41, 5.74) is -0.242. The van der Waals surface area contributed by atoms with E-state index in [1.165, 1.54) is 24.1 Å². The van der Waals surface area contributed by atoms with E-state index >= 15 is 0 Å². The lowest BCUT2D eigenvalue weighted by atomic mass is 10.2. The van der Waals surface area contributed by atoms with Gasteiger partial charge in [0.15, 0.2) is 0 Å². The number of hydrogen-bond donors (Lipinski definition) is 2. The number of nitrogens with one attached hydrogen (secondary N) is 2. The van der Waals surface area contributed by atoms with Gasteiger partial charge in [-0.3, -0.25) is 14.5 Å². The number of halogens is 3. The first-order chi connectivity index (χ1) is 13.6. The van der Waals surface area contributed by atoms with E-state index in [-0.39, 0.29) is 18.1 Å². The number of carbonyl (C=O) groups excluding carboxylic acids is 2. The number of alkyl halides is 3. The number of ether oxygens (including phenoxy) is 1. The zero-order chi connectivity index (χ0) is 21.6. The lowest BCUT2D eigenvalue weighted by Crippen LogP contribution is -2.43. The molecule has 0 spiro atoms. The molecule has 2 aromatic carbocycles. The highest BCUT2D eigenvalue weighted by molar-refractivity contribution is 5.96. The van der Waals surface area contributed by atoms with Gasteiger partial charge in [0.1, 0.15) is 5.75 Å². The van der Waals surface area contributed by atoms with Crippen LogP contribution in [0.4, 0.5) is 24.5 Å². The number of hydrogen-bond acceptors (Lipinski definition) is 4. The van der Waals surface area contributed by atoms with Crippen LogP contribution in [0, 0.1) is 0 Å². The predicted molar refractivity (Wildman–Crippen MR) is 104 cm³/mol. The third kappa shape index (κ3) is 6.49. The first-order valence-corrected chi connectivity index (χ1v) is 8.72. The lowest BCUT2D eigenvalue weighted by Gasteiger charge is -2.23. The van der Waals surface area contributed by atoms with Crippen molar-refractivity contribution in [3.8, 4) is 5.75 Å². The van der Waals surface area contributed by atoms with Gasteiger partial charge < -0.3 is 15.4 Å². The Balaban J connectivity index is 1.92. The Labute approximate surface area is 166 Å². The molecule has 156 valence electrons. The largest absolute Gasteiger partial charge is 0.497 e. The summed E-state index contributed by atoms with van der Waals surface area (Å²) in [4.78, 5) is 26.0. The van der Waals surface area contributed by atoms with Crippen molar-refractivity contribution in [2.24, 2.45) is 0 Å². The molecule has 0 aliphatic heterocycles. The molecule has 0 saturated carbocycles. The molecule has 0 aliphatic carbocycles. The quantitative estimate of drug-likeness (QED) is 0.733. The van der Waals surface area contributed by atoms with Crippen LogP contribution in [-0.2, 0) is 15.8 Å². The summed E-state index contributed by atoms with van der Waals surface area (Å²) in [6.07, 6.45) is -4.50. The van der Waals surface area contributed by atoms with Crippen molar-refractivity contribution in [1.82, 2.24) is 4.90 Å². The number of likely N-dealkylation sites (N-methyl/N-ethyl adjacent to an activating group) is 1. The Hall–Kier alpha value is -3.07. The number of benzene rings is 2. The molecule has 6 nitrogen and oxygen atoms in total. The number of rotatable bonds is 7. The first kappa shape index (κ1) is 22.2. The number of carbonyl (C=O) groups is 2. The van der Waals surface area contributed by atoms with Crippen molar-refractivity contribution in [2.45, 2.75) is 19.1 Å². The summed E-state index contributed by atoms with van der Waals surface area (Å²) in [6, 6.07) is 10.4. The fourth-order valence-electron chi connectivity index (χ4n) is 2.46. The zero-order valence-corrected chi connectivity index (χ0v) is 16.2. The Morgan fingerprint density at radius 2 is 1.72 bits per heavy atom. The predicted octanol–water partition coefficient (Wildman–Crippen LogP) is 3.61. The summed E-state index contributed by atoms with van der Waals surface area (Å²) in [5, 5.41) is 5.14. The maximum absolute atomic E-state index is 12.8. The van der Waals surface area contributed by atoms with Crippen molar-refractivity contribution >= 4 is 23.2 Å². The van der Waals surface area contributed by atoms with E-state index in [2.05, 4.69) is 10.6 Å². The third-order valence-electron chi connectivity index (χ3n) is 4.26. The highest BCUT2D eigenvalue weighted by atomic mass is 19.4. The molecule has 0 unspecified atom stereocenters. The molecule has 0 aliphatic rings. The Morgan fingerprint density at radius 1 is 1.07 bits per heavy atom. The normalized spacial score (nSPS) is 12.4. The van der Waals surface area contributed by atoms with Gasteiger partial charge in [-0.15, -0.1) is 0 Å². The van der Waals surface area contributed by atoms with Crippen LogP contribution in [-0.4, -0.2) is 43.5 Å². The van der Waals surface area contributed by atoms with Crippen LogP contribution < -0.4 is 15.4 Å². The molecule has 2 aromatic rings. The van der Waals surface area contributed by atoms with Crippen molar-refractivity contribution in [3.05, 3.63) is 54.1 Å². The van der Waals surface area contributed by atoms with Gasteiger partial charge in [-0.1, -0.05) is 6.07 Å². The van der Waals surface area contributed by atoms with Crippen LogP contribution in [0.2, 0.25) is 0 Å². The maximum atomic E-state index is 12.8. The smallest absolute Gasteiger partial charge is 0.416 e. The summed E-state index contributed by atoms with van der Waals surface area (Å²) in [7, 11) is 3.11. The van der Waals surface area contributed by atoms with E-state index in [4.69, 9.17) is 4.74 Å². The summed E-state index contributed by atoms with van der Waals surface area (Å²) in [6.45, 7) is 1.48. The van der Waals surface area contributed by atoms with Gasteiger partial charge >= 0.3 is 6.18 Å². The molecule has 29 heavy (non-hydrogen) atoms.